The van der Waals surface area contributed by atoms with Crippen LogP contribution in [0, 0.1) is 171 Å². The van der Waals surface area contributed by atoms with Gasteiger partial charge in [-0.05, 0) is 0 Å². The van der Waals surface area contributed by atoms with E-state index in [1.807, 2.05) is 0 Å². The van der Waals surface area contributed by atoms with Crippen molar-refractivity contribution in [1.29, 1.82) is 32.4 Å². The number of hydrogen-bond donors (Lipinski definition) is 0. The van der Waals surface area contributed by atoms with Gasteiger partial charge in [-0.25, -0.2) is 0 Å². The Bertz CT molecular complexity index is 1070. The van der Waals surface area contributed by atoms with Gasteiger partial charge in [-0.1, -0.05) is 138 Å². The molecule has 0 bridgehead atoms. The van der Waals surface area contributed by atoms with Crippen LogP contribution in [-0.4, -0.2) is 0 Å². The minimum absolute atomic E-state index is 0. The summed E-state index contributed by atoms with van der Waals surface area (Å²) in [5.74, 6) is 0. The summed E-state index contributed by atoms with van der Waals surface area (Å²) in [6, 6.07) is 0. The summed E-state index contributed by atoms with van der Waals surface area (Å²) < 4.78 is 0. The quantitative estimate of drug-likeness (QED) is 0.128. The second kappa shape index (κ2) is 25.4. The molecular formula is C40H60N6Zr2. The van der Waals surface area contributed by atoms with Crippen LogP contribution in [0.1, 0.15) is 111 Å². The van der Waals surface area contributed by atoms with E-state index in [1.165, 1.54) is 111 Å². The fourth-order valence-electron chi connectivity index (χ4n) is 5.62. The molecule has 0 atom stereocenters. The topological polar surface area (TPSA) is 143 Å². The van der Waals surface area contributed by atoms with E-state index in [0.717, 1.165) is 0 Å². The summed E-state index contributed by atoms with van der Waals surface area (Å²) in [6.07, 6.45) is 0. The van der Waals surface area contributed by atoms with Gasteiger partial charge in [0.1, 0.15) is 0 Å². The standard InChI is InChI=1S/4C10H15.3N2.2Zr/c4*1-6-7(2)9(4)10(5)8(6)3;3*1-2;;/h4*1-5H3;;;;;/q4*-1;;;;2*+2. The molecular weight excluding hydrogens is 747 g/mol. The molecule has 48 heavy (non-hydrogen) atoms. The van der Waals surface area contributed by atoms with Gasteiger partial charge in [0.15, 0.2) is 0 Å². The SMILES string of the molecule is Cc1c(C)c(C)[c-](C)c1C.Cc1c(C)c(C)[c-](C)c1C.Cc1c(C)c(C)[c-](C)c1C.Cc1c(C)c(C)[c-](C)c1C.N#N.N#N.N#N.[Zr+2].[Zr+2]. The molecule has 0 unspecified atom stereocenters. The molecule has 0 N–H and O–H groups in total. The van der Waals surface area contributed by atoms with E-state index < -0.39 is 0 Å². The molecule has 0 aliphatic rings. The molecule has 6 nitrogen and oxygen atoms in total. The molecule has 0 aliphatic heterocycles. The first-order valence-electron chi connectivity index (χ1n) is 15.6. The predicted molar refractivity (Wildman–Crippen MR) is 193 cm³/mol. The number of rotatable bonds is 0. The summed E-state index contributed by atoms with van der Waals surface area (Å²) in [6.45, 7) is 44.0. The van der Waals surface area contributed by atoms with Crippen LogP contribution in [0.3, 0.4) is 0 Å². The molecule has 4 aromatic rings. The van der Waals surface area contributed by atoms with Crippen molar-refractivity contribution in [3.05, 3.63) is 111 Å². The Labute approximate surface area is 332 Å². The van der Waals surface area contributed by atoms with Crippen molar-refractivity contribution in [2.24, 2.45) is 0 Å². The third kappa shape index (κ3) is 13.0. The minimum atomic E-state index is 0. The summed E-state index contributed by atoms with van der Waals surface area (Å²) in [5.41, 5.74) is 29.4. The molecule has 0 radical (unpaired) electrons. The fourth-order valence-corrected chi connectivity index (χ4v) is 5.62. The van der Waals surface area contributed by atoms with Gasteiger partial charge in [0.25, 0.3) is 0 Å². The van der Waals surface area contributed by atoms with E-state index >= 15 is 0 Å². The van der Waals surface area contributed by atoms with Crippen molar-refractivity contribution in [2.75, 3.05) is 0 Å². The van der Waals surface area contributed by atoms with Gasteiger partial charge in [-0.15, -0.1) is 0 Å². The van der Waals surface area contributed by atoms with E-state index in [1.54, 1.807) is 0 Å². The van der Waals surface area contributed by atoms with Crippen LogP contribution in [0.5, 0.6) is 0 Å². The molecule has 258 valence electrons. The molecule has 4 rings (SSSR count). The smallest absolute Gasteiger partial charge is 0.196 e. The summed E-state index contributed by atoms with van der Waals surface area (Å²) in [5, 5.41) is 36.0. The Hall–Kier alpha value is -2.57. The van der Waals surface area contributed by atoms with Gasteiger partial charge in [0.2, 0.25) is 0 Å². The van der Waals surface area contributed by atoms with Crippen molar-refractivity contribution < 1.29 is 52.4 Å². The maximum absolute atomic E-state index is 6.00. The van der Waals surface area contributed by atoms with E-state index in [2.05, 4.69) is 138 Å². The molecule has 0 spiro atoms. The van der Waals surface area contributed by atoms with Crippen LogP contribution in [-0.2, 0) is 52.4 Å². The van der Waals surface area contributed by atoms with E-state index in [-0.39, 0.29) is 52.4 Å². The van der Waals surface area contributed by atoms with Crippen LogP contribution in [0.25, 0.3) is 0 Å². The normalized spacial score (nSPS) is 8.88. The van der Waals surface area contributed by atoms with E-state index in [0.29, 0.717) is 0 Å². The third-order valence-electron chi connectivity index (χ3n) is 11.2. The van der Waals surface area contributed by atoms with Crippen molar-refractivity contribution in [3.63, 3.8) is 0 Å². The maximum atomic E-state index is 6.00. The molecule has 8 heteroatoms. The Morgan fingerprint density at radius 2 is 0.292 bits per heavy atom. The van der Waals surface area contributed by atoms with Crippen LogP contribution >= 0.6 is 0 Å². The minimum Gasteiger partial charge on any atom is -0.196 e. The monoisotopic (exact) mass is 804 g/mol. The van der Waals surface area contributed by atoms with Crippen LogP contribution in [0.15, 0.2) is 0 Å². The third-order valence-corrected chi connectivity index (χ3v) is 11.2. The summed E-state index contributed by atoms with van der Waals surface area (Å²) in [4.78, 5) is 0. The average Bonchev–Trinajstić information content (AvgIpc) is 3.52. The Morgan fingerprint density at radius 1 is 0.229 bits per heavy atom. The zero-order valence-corrected chi connectivity index (χ0v) is 38.6. The van der Waals surface area contributed by atoms with Gasteiger partial charge >= 0.3 is 52.4 Å². The van der Waals surface area contributed by atoms with Gasteiger partial charge < -0.3 is 0 Å². The first kappa shape index (κ1) is 54.9. The number of nitrogens with zero attached hydrogens (tertiary/aromatic N) is 6. The molecule has 0 aromatic heterocycles. The molecule has 0 fully saturated rings. The van der Waals surface area contributed by atoms with Crippen molar-refractivity contribution in [2.45, 2.75) is 138 Å². The van der Waals surface area contributed by atoms with Crippen LogP contribution in [0.2, 0.25) is 0 Å². The van der Waals surface area contributed by atoms with Crippen molar-refractivity contribution in [3.8, 4) is 0 Å². The Balaban J connectivity index is -0.000000160. The zero-order valence-electron chi connectivity index (χ0n) is 33.7. The van der Waals surface area contributed by atoms with E-state index in [4.69, 9.17) is 32.4 Å². The van der Waals surface area contributed by atoms with Crippen molar-refractivity contribution >= 4 is 0 Å². The second-order valence-electron chi connectivity index (χ2n) is 12.5. The van der Waals surface area contributed by atoms with Crippen LogP contribution < -0.4 is 0 Å². The molecule has 0 amide bonds. The molecule has 0 heterocycles. The van der Waals surface area contributed by atoms with Gasteiger partial charge in [0, 0.05) is 32.4 Å². The van der Waals surface area contributed by atoms with E-state index in [9.17, 15) is 0 Å². The van der Waals surface area contributed by atoms with Crippen molar-refractivity contribution in [1.82, 2.24) is 0 Å². The summed E-state index contributed by atoms with van der Waals surface area (Å²) in [7, 11) is 0. The van der Waals surface area contributed by atoms with Gasteiger partial charge in [-0.2, -0.15) is 111 Å². The zero-order chi connectivity index (χ0) is 37.5. The average molecular weight is 807 g/mol. The molecule has 0 aliphatic carbocycles. The first-order chi connectivity index (χ1) is 21.2. The Kier molecular flexibility index (Phi) is 29.0. The second-order valence-corrected chi connectivity index (χ2v) is 12.5. The Morgan fingerprint density at radius 3 is 0.312 bits per heavy atom. The predicted octanol–water partition coefficient (Wildman–Crippen LogP) is 11.9. The maximum Gasteiger partial charge on any atom is 2.00 e. The molecule has 0 saturated heterocycles. The first-order valence-corrected chi connectivity index (χ1v) is 15.6. The van der Waals surface area contributed by atoms with Gasteiger partial charge in [0.05, 0.1) is 0 Å². The fraction of sp³-hybridized carbons (Fsp3) is 0.500. The van der Waals surface area contributed by atoms with Crippen LogP contribution in [0.4, 0.5) is 0 Å². The van der Waals surface area contributed by atoms with Gasteiger partial charge in [-0.3, -0.25) is 0 Å². The summed E-state index contributed by atoms with van der Waals surface area (Å²) >= 11 is 0. The molecule has 0 saturated carbocycles. The molecule has 4 aromatic carbocycles. The largest absolute Gasteiger partial charge is 2.00 e. The number of hydrogen-bond acceptors (Lipinski definition) is 6.